The van der Waals surface area contributed by atoms with E-state index in [4.69, 9.17) is 0 Å². The number of nitrogens with zero attached hydrogens (tertiary/aromatic N) is 1. The van der Waals surface area contributed by atoms with Gasteiger partial charge in [0.25, 0.3) is 0 Å². The Hall–Kier alpha value is -0.0800. The molecule has 17 heavy (non-hydrogen) atoms. The zero-order chi connectivity index (χ0) is 11.9. The van der Waals surface area contributed by atoms with Crippen LogP contribution in [0.1, 0.15) is 58.8 Å². The fraction of sp³-hybridized carbons (Fsp3) is 1.00. The van der Waals surface area contributed by atoms with Gasteiger partial charge >= 0.3 is 0 Å². The quantitative estimate of drug-likeness (QED) is 0.753. The summed E-state index contributed by atoms with van der Waals surface area (Å²) in [4.78, 5) is 2.77. The third-order valence-electron chi connectivity index (χ3n) is 5.60. The Balaban J connectivity index is 1.55. The second kappa shape index (κ2) is 4.24. The van der Waals surface area contributed by atoms with Gasteiger partial charge in [-0.1, -0.05) is 12.8 Å². The van der Waals surface area contributed by atoms with Crippen molar-refractivity contribution < 1.29 is 0 Å². The molecular weight excluding hydrogens is 208 g/mol. The molecule has 1 atom stereocenters. The largest absolute Gasteiger partial charge is 0.310 e. The van der Waals surface area contributed by atoms with Crippen molar-refractivity contribution in [3.8, 4) is 0 Å². The molecule has 0 amide bonds. The van der Waals surface area contributed by atoms with Crippen molar-refractivity contribution in [2.24, 2.45) is 5.41 Å². The predicted octanol–water partition coefficient (Wildman–Crippen LogP) is 2.78. The minimum Gasteiger partial charge on any atom is -0.310 e. The van der Waals surface area contributed by atoms with Crippen LogP contribution in [0.25, 0.3) is 0 Å². The fourth-order valence-electron chi connectivity index (χ4n) is 4.37. The summed E-state index contributed by atoms with van der Waals surface area (Å²) in [7, 11) is 0. The predicted molar refractivity (Wildman–Crippen MR) is 72.2 cm³/mol. The third kappa shape index (κ3) is 2.39. The monoisotopic (exact) mass is 236 g/mol. The molecule has 1 N–H and O–H groups in total. The molecule has 98 valence electrons. The van der Waals surface area contributed by atoms with E-state index in [-0.39, 0.29) is 0 Å². The van der Waals surface area contributed by atoms with Crippen molar-refractivity contribution in [2.45, 2.75) is 70.4 Å². The van der Waals surface area contributed by atoms with Crippen molar-refractivity contribution in [1.82, 2.24) is 10.2 Å². The van der Waals surface area contributed by atoms with Gasteiger partial charge in [-0.2, -0.15) is 0 Å². The van der Waals surface area contributed by atoms with Crippen molar-refractivity contribution in [1.29, 1.82) is 0 Å². The molecule has 2 saturated heterocycles. The summed E-state index contributed by atoms with van der Waals surface area (Å²) in [5.74, 6) is 0. The SMILES string of the molecule is CC1(C)CC(N2CCC3(CCCC3)CC2)CN1. The van der Waals surface area contributed by atoms with Gasteiger partial charge in [0.2, 0.25) is 0 Å². The molecular formula is C15H28N2. The van der Waals surface area contributed by atoms with Gasteiger partial charge in [0.15, 0.2) is 0 Å². The standard InChI is InChI=1S/C15H28N2/c1-14(2)11-13(12-16-14)17-9-7-15(8-10-17)5-3-4-6-15/h13,16H,3-12H2,1-2H3. The summed E-state index contributed by atoms with van der Waals surface area (Å²) in [5.41, 5.74) is 1.14. The lowest BCUT2D eigenvalue weighted by Crippen LogP contribution is -2.45. The van der Waals surface area contributed by atoms with Crippen molar-refractivity contribution in [3.63, 3.8) is 0 Å². The van der Waals surface area contributed by atoms with Crippen LogP contribution in [-0.2, 0) is 0 Å². The highest BCUT2D eigenvalue weighted by atomic mass is 15.2. The van der Waals surface area contributed by atoms with Crippen LogP contribution in [0.2, 0.25) is 0 Å². The van der Waals surface area contributed by atoms with Crippen LogP contribution >= 0.6 is 0 Å². The second-order valence-electron chi connectivity index (χ2n) is 7.37. The summed E-state index contributed by atoms with van der Waals surface area (Å²) in [6.45, 7) is 8.62. The molecule has 1 unspecified atom stereocenters. The molecule has 1 spiro atoms. The van der Waals surface area contributed by atoms with Crippen LogP contribution in [0.3, 0.4) is 0 Å². The number of rotatable bonds is 1. The number of nitrogens with one attached hydrogen (secondary N) is 1. The topological polar surface area (TPSA) is 15.3 Å². The first-order valence-corrected chi connectivity index (χ1v) is 7.58. The smallest absolute Gasteiger partial charge is 0.0238 e. The fourth-order valence-corrected chi connectivity index (χ4v) is 4.37. The molecule has 1 aliphatic carbocycles. The molecule has 0 aromatic rings. The van der Waals surface area contributed by atoms with Crippen molar-refractivity contribution in [3.05, 3.63) is 0 Å². The molecule has 2 heteroatoms. The van der Waals surface area contributed by atoms with Gasteiger partial charge in [0.1, 0.15) is 0 Å². The van der Waals surface area contributed by atoms with E-state index < -0.39 is 0 Å². The molecule has 2 aliphatic heterocycles. The summed E-state index contributed by atoms with van der Waals surface area (Å²) in [6.07, 6.45) is 10.3. The molecule has 3 fully saturated rings. The van der Waals surface area contributed by atoms with Crippen LogP contribution in [0.5, 0.6) is 0 Å². The third-order valence-corrected chi connectivity index (χ3v) is 5.60. The van der Waals surface area contributed by atoms with E-state index in [0.29, 0.717) is 5.54 Å². The van der Waals surface area contributed by atoms with Gasteiger partial charge in [-0.15, -0.1) is 0 Å². The number of hydrogen-bond donors (Lipinski definition) is 1. The van der Waals surface area contributed by atoms with E-state index >= 15 is 0 Å². The lowest BCUT2D eigenvalue weighted by molar-refractivity contribution is 0.0799. The number of piperidine rings is 1. The van der Waals surface area contributed by atoms with Crippen LogP contribution < -0.4 is 5.32 Å². The van der Waals surface area contributed by atoms with Gasteiger partial charge in [-0.05, 0) is 64.5 Å². The summed E-state index contributed by atoms with van der Waals surface area (Å²) in [6, 6.07) is 0.809. The summed E-state index contributed by atoms with van der Waals surface area (Å²) < 4.78 is 0. The van der Waals surface area contributed by atoms with E-state index in [1.807, 2.05) is 0 Å². The zero-order valence-corrected chi connectivity index (χ0v) is 11.6. The Labute approximate surface area is 106 Å². The number of likely N-dealkylation sites (tertiary alicyclic amines) is 1. The lowest BCUT2D eigenvalue weighted by Gasteiger charge is -2.42. The van der Waals surface area contributed by atoms with Crippen LogP contribution in [0.4, 0.5) is 0 Å². The summed E-state index contributed by atoms with van der Waals surface area (Å²) in [5, 5.41) is 3.66. The average molecular weight is 236 g/mol. The van der Waals surface area contributed by atoms with E-state index in [1.165, 1.54) is 64.6 Å². The number of hydrogen-bond acceptors (Lipinski definition) is 2. The van der Waals surface area contributed by atoms with Crippen LogP contribution in [0.15, 0.2) is 0 Å². The molecule has 0 aromatic heterocycles. The van der Waals surface area contributed by atoms with Crippen LogP contribution in [-0.4, -0.2) is 36.1 Å². The highest BCUT2D eigenvalue weighted by Gasteiger charge is 2.40. The Morgan fingerprint density at radius 2 is 1.65 bits per heavy atom. The maximum Gasteiger partial charge on any atom is 0.0238 e. The first kappa shape index (κ1) is 12.0. The molecule has 0 aromatic carbocycles. The van der Waals surface area contributed by atoms with Gasteiger partial charge in [-0.25, -0.2) is 0 Å². The first-order valence-electron chi connectivity index (χ1n) is 7.58. The second-order valence-corrected chi connectivity index (χ2v) is 7.37. The van der Waals surface area contributed by atoms with Crippen molar-refractivity contribution in [2.75, 3.05) is 19.6 Å². The first-order chi connectivity index (χ1) is 8.09. The molecule has 1 saturated carbocycles. The minimum atomic E-state index is 0.368. The van der Waals surface area contributed by atoms with Gasteiger partial charge in [0, 0.05) is 18.1 Å². The maximum atomic E-state index is 3.66. The molecule has 3 rings (SSSR count). The Bertz CT molecular complexity index is 269. The van der Waals surface area contributed by atoms with E-state index in [0.717, 1.165) is 11.5 Å². The Kier molecular flexibility index (Phi) is 2.99. The molecule has 0 bridgehead atoms. The highest BCUT2D eigenvalue weighted by Crippen LogP contribution is 2.46. The van der Waals surface area contributed by atoms with Crippen molar-refractivity contribution >= 4 is 0 Å². The van der Waals surface area contributed by atoms with Crippen LogP contribution in [0, 0.1) is 5.41 Å². The molecule has 3 aliphatic rings. The van der Waals surface area contributed by atoms with Gasteiger partial charge in [-0.3, -0.25) is 4.90 Å². The normalized spacial score (nSPS) is 36.7. The molecule has 2 nitrogen and oxygen atoms in total. The maximum absolute atomic E-state index is 3.66. The lowest BCUT2D eigenvalue weighted by atomic mass is 9.76. The average Bonchev–Trinajstić information content (AvgIpc) is 2.88. The van der Waals surface area contributed by atoms with Gasteiger partial charge in [0.05, 0.1) is 0 Å². The summed E-state index contributed by atoms with van der Waals surface area (Å²) >= 11 is 0. The molecule has 2 heterocycles. The van der Waals surface area contributed by atoms with Gasteiger partial charge < -0.3 is 5.32 Å². The Morgan fingerprint density at radius 1 is 1.00 bits per heavy atom. The molecule has 0 radical (unpaired) electrons. The highest BCUT2D eigenvalue weighted by molar-refractivity contribution is 4.97. The Morgan fingerprint density at radius 3 is 2.18 bits per heavy atom. The zero-order valence-electron chi connectivity index (χ0n) is 11.6. The minimum absolute atomic E-state index is 0.368. The van der Waals surface area contributed by atoms with E-state index in [1.54, 1.807) is 0 Å². The van der Waals surface area contributed by atoms with E-state index in [9.17, 15) is 0 Å². The van der Waals surface area contributed by atoms with E-state index in [2.05, 4.69) is 24.1 Å².